The molecule has 1 amide bonds. The number of rotatable bonds is 7. The van der Waals surface area contributed by atoms with Crippen molar-refractivity contribution in [3.05, 3.63) is 28.2 Å². The Hall–Kier alpha value is -1.54. The van der Waals surface area contributed by atoms with Crippen LogP contribution in [0.25, 0.3) is 0 Å². The Morgan fingerprint density at radius 1 is 1.40 bits per heavy atom. The fraction of sp³-hybridized carbons (Fsp3) is 0.500. The smallest absolute Gasteiger partial charge is 0.317 e. The van der Waals surface area contributed by atoms with Crippen LogP contribution in [-0.4, -0.2) is 79.3 Å². The van der Waals surface area contributed by atoms with Crippen molar-refractivity contribution >= 4 is 35.1 Å². The van der Waals surface area contributed by atoms with Gasteiger partial charge >= 0.3 is 5.97 Å². The quantitative estimate of drug-likeness (QED) is 0.761. The summed E-state index contributed by atoms with van der Waals surface area (Å²) in [7, 11) is 1.70. The number of ether oxygens (including phenoxy) is 2. The third-order valence-electron chi connectivity index (χ3n) is 3.67. The molecule has 0 saturated carbocycles. The highest BCUT2D eigenvalue weighted by atomic mass is 35.5. The highest BCUT2D eigenvalue weighted by Crippen LogP contribution is 2.26. The molecular formula is C16H20Cl2N2O5. The first kappa shape index (κ1) is 19.8. The average Bonchev–Trinajstić information content (AvgIpc) is 2.55. The van der Waals surface area contributed by atoms with Crippen LogP contribution < -0.4 is 4.74 Å². The van der Waals surface area contributed by atoms with Gasteiger partial charge in [-0.05, 0) is 19.2 Å². The number of carbonyl (C=O) groups is 2. The maximum Gasteiger partial charge on any atom is 0.317 e. The van der Waals surface area contributed by atoms with Crippen molar-refractivity contribution < 1.29 is 24.2 Å². The second-order valence-corrected chi connectivity index (χ2v) is 6.60. The maximum absolute atomic E-state index is 12.3. The van der Waals surface area contributed by atoms with Crippen LogP contribution in [0.5, 0.6) is 5.75 Å². The zero-order chi connectivity index (χ0) is 18.4. The molecule has 1 aliphatic heterocycles. The van der Waals surface area contributed by atoms with Crippen molar-refractivity contribution in [2.45, 2.75) is 6.10 Å². The van der Waals surface area contributed by atoms with Gasteiger partial charge in [0.15, 0.2) is 6.61 Å². The standard InChI is InChI=1S/C16H20Cl2N2O5/c1-19(9-16(22)23)7-12-8-20(4-5-24-12)15(21)10-25-11-2-3-13(17)14(18)6-11/h2-3,6,12H,4-5,7-10H2,1H3,(H,22,23). The highest BCUT2D eigenvalue weighted by Gasteiger charge is 2.25. The van der Waals surface area contributed by atoms with Gasteiger partial charge in [-0.3, -0.25) is 14.5 Å². The summed E-state index contributed by atoms with van der Waals surface area (Å²) in [5, 5.41) is 9.57. The first-order chi connectivity index (χ1) is 11.8. The molecule has 1 atom stereocenters. The minimum atomic E-state index is -0.902. The largest absolute Gasteiger partial charge is 0.484 e. The van der Waals surface area contributed by atoms with Gasteiger partial charge in [0.25, 0.3) is 5.91 Å². The van der Waals surface area contributed by atoms with Crippen LogP contribution in [0, 0.1) is 0 Å². The third kappa shape index (κ3) is 6.36. The van der Waals surface area contributed by atoms with Gasteiger partial charge in [0.1, 0.15) is 5.75 Å². The molecule has 0 radical (unpaired) electrons. The van der Waals surface area contributed by atoms with Crippen LogP contribution in [0.15, 0.2) is 18.2 Å². The average molecular weight is 391 g/mol. The molecule has 9 heteroatoms. The lowest BCUT2D eigenvalue weighted by Crippen LogP contribution is -2.50. The monoisotopic (exact) mass is 390 g/mol. The molecule has 0 spiro atoms. The first-order valence-corrected chi connectivity index (χ1v) is 8.48. The predicted octanol–water partition coefficient (Wildman–Crippen LogP) is 1.62. The van der Waals surface area contributed by atoms with Gasteiger partial charge in [-0.15, -0.1) is 0 Å². The topological polar surface area (TPSA) is 79.3 Å². The fourth-order valence-corrected chi connectivity index (χ4v) is 2.79. The summed E-state index contributed by atoms with van der Waals surface area (Å²) >= 11 is 11.7. The number of hydrogen-bond donors (Lipinski definition) is 1. The number of benzene rings is 1. The molecule has 1 aromatic rings. The zero-order valence-corrected chi connectivity index (χ0v) is 15.3. The first-order valence-electron chi connectivity index (χ1n) is 7.72. The van der Waals surface area contributed by atoms with Crippen molar-refractivity contribution in [1.82, 2.24) is 9.80 Å². The normalized spacial score (nSPS) is 17.6. The van der Waals surface area contributed by atoms with Gasteiger partial charge in [-0.1, -0.05) is 23.2 Å². The van der Waals surface area contributed by atoms with Gasteiger partial charge in [-0.25, -0.2) is 0 Å². The number of nitrogens with zero attached hydrogens (tertiary/aromatic N) is 2. The molecule has 1 aromatic carbocycles. The lowest BCUT2D eigenvalue weighted by molar-refractivity contribution is -0.143. The fourth-order valence-electron chi connectivity index (χ4n) is 2.50. The molecule has 0 aliphatic carbocycles. The Labute approximate surface area is 156 Å². The number of amides is 1. The summed E-state index contributed by atoms with van der Waals surface area (Å²) in [6.45, 7) is 1.52. The number of carboxylic acids is 1. The second-order valence-electron chi connectivity index (χ2n) is 5.79. The van der Waals surface area contributed by atoms with Crippen LogP contribution in [0.2, 0.25) is 10.0 Å². The number of halogens is 2. The molecule has 0 bridgehead atoms. The van der Waals surface area contributed by atoms with Crippen molar-refractivity contribution in [3.8, 4) is 5.75 Å². The van der Waals surface area contributed by atoms with E-state index in [4.69, 9.17) is 37.8 Å². The predicted molar refractivity (Wildman–Crippen MR) is 93.4 cm³/mol. The minimum absolute atomic E-state index is 0.0752. The Bertz CT molecular complexity index is 629. The summed E-state index contributed by atoms with van der Waals surface area (Å²) in [6.07, 6.45) is -0.230. The van der Waals surface area contributed by atoms with E-state index in [1.165, 1.54) is 0 Å². The lowest BCUT2D eigenvalue weighted by Gasteiger charge is -2.34. The Morgan fingerprint density at radius 2 is 2.16 bits per heavy atom. The van der Waals surface area contributed by atoms with E-state index in [0.29, 0.717) is 42.0 Å². The van der Waals surface area contributed by atoms with Crippen LogP contribution in [0.1, 0.15) is 0 Å². The van der Waals surface area contributed by atoms with Crippen molar-refractivity contribution in [1.29, 1.82) is 0 Å². The van der Waals surface area contributed by atoms with Gasteiger partial charge < -0.3 is 19.5 Å². The third-order valence-corrected chi connectivity index (χ3v) is 4.40. The van der Waals surface area contributed by atoms with E-state index in [0.717, 1.165) is 0 Å². The SMILES string of the molecule is CN(CC(=O)O)CC1CN(C(=O)COc2ccc(Cl)c(Cl)c2)CCO1. The van der Waals surface area contributed by atoms with Gasteiger partial charge in [0.05, 0.1) is 29.3 Å². The molecule has 1 heterocycles. The van der Waals surface area contributed by atoms with Crippen molar-refractivity contribution in [2.24, 2.45) is 0 Å². The van der Waals surface area contributed by atoms with Gasteiger partial charge in [0.2, 0.25) is 0 Å². The summed E-state index contributed by atoms with van der Waals surface area (Å²) in [5.74, 6) is -0.602. The number of carboxylic acid groups (broad SMARTS) is 1. The number of morpholine rings is 1. The Morgan fingerprint density at radius 3 is 2.84 bits per heavy atom. The highest BCUT2D eigenvalue weighted by molar-refractivity contribution is 6.42. The van der Waals surface area contributed by atoms with E-state index in [-0.39, 0.29) is 25.2 Å². The molecule has 7 nitrogen and oxygen atoms in total. The molecular weight excluding hydrogens is 371 g/mol. The number of likely N-dealkylation sites (N-methyl/N-ethyl adjacent to an activating group) is 1. The molecule has 1 aliphatic rings. The summed E-state index contributed by atoms with van der Waals surface area (Å²) in [4.78, 5) is 26.3. The van der Waals surface area contributed by atoms with Crippen LogP contribution >= 0.6 is 23.2 Å². The van der Waals surface area contributed by atoms with E-state index >= 15 is 0 Å². The van der Waals surface area contributed by atoms with E-state index < -0.39 is 5.97 Å². The van der Waals surface area contributed by atoms with Crippen molar-refractivity contribution in [3.63, 3.8) is 0 Å². The molecule has 1 fully saturated rings. The van der Waals surface area contributed by atoms with E-state index in [9.17, 15) is 9.59 Å². The van der Waals surface area contributed by atoms with Crippen LogP contribution in [-0.2, 0) is 14.3 Å². The van der Waals surface area contributed by atoms with Gasteiger partial charge in [-0.2, -0.15) is 0 Å². The lowest BCUT2D eigenvalue weighted by atomic mass is 10.2. The van der Waals surface area contributed by atoms with Crippen molar-refractivity contribution in [2.75, 3.05) is 46.4 Å². The summed E-state index contributed by atoms with van der Waals surface area (Å²) in [5.41, 5.74) is 0. The zero-order valence-electron chi connectivity index (χ0n) is 13.8. The van der Waals surface area contributed by atoms with E-state index in [1.54, 1.807) is 35.0 Å². The van der Waals surface area contributed by atoms with E-state index in [1.807, 2.05) is 0 Å². The van der Waals surface area contributed by atoms with Gasteiger partial charge in [0, 0.05) is 25.7 Å². The molecule has 1 N–H and O–H groups in total. The van der Waals surface area contributed by atoms with Crippen LogP contribution in [0.4, 0.5) is 0 Å². The number of carbonyl (C=O) groups excluding carboxylic acids is 1. The van der Waals surface area contributed by atoms with E-state index in [2.05, 4.69) is 0 Å². The number of aliphatic carboxylic acids is 1. The molecule has 25 heavy (non-hydrogen) atoms. The molecule has 1 unspecified atom stereocenters. The van der Waals surface area contributed by atoms with Crippen LogP contribution in [0.3, 0.4) is 0 Å². The molecule has 1 saturated heterocycles. The number of hydrogen-bond acceptors (Lipinski definition) is 5. The summed E-state index contributed by atoms with van der Waals surface area (Å²) < 4.78 is 11.1. The molecule has 2 rings (SSSR count). The minimum Gasteiger partial charge on any atom is -0.484 e. The molecule has 138 valence electrons. The Balaban J connectivity index is 1.82. The maximum atomic E-state index is 12.3. The summed E-state index contributed by atoms with van der Waals surface area (Å²) in [6, 6.07) is 4.80. The Kier molecular flexibility index (Phi) is 7.31. The molecule has 0 aromatic heterocycles. The second kappa shape index (κ2) is 9.24.